The van der Waals surface area contributed by atoms with Gasteiger partial charge in [0.2, 0.25) is 6.29 Å². The van der Waals surface area contributed by atoms with Crippen LogP contribution in [0.25, 0.3) is 0 Å². The van der Waals surface area contributed by atoms with Crippen LogP contribution in [0.5, 0.6) is 5.75 Å². The molecule has 0 aliphatic rings. The quantitative estimate of drug-likeness (QED) is 0.0824. The van der Waals surface area contributed by atoms with Crippen molar-refractivity contribution in [1.29, 1.82) is 0 Å². The Labute approximate surface area is 227 Å². The van der Waals surface area contributed by atoms with Gasteiger partial charge in [0.25, 0.3) is 0 Å². The number of hydrogen-bond acceptors (Lipinski definition) is 3. The van der Waals surface area contributed by atoms with Crippen molar-refractivity contribution < 1.29 is 18.8 Å². The van der Waals surface area contributed by atoms with Crippen LogP contribution in [0.3, 0.4) is 0 Å². The molecule has 0 saturated carbocycles. The first kappa shape index (κ1) is 30.9. The highest BCUT2D eigenvalue weighted by molar-refractivity contribution is 5.72. The number of quaternary nitrogens is 1. The zero-order valence-corrected chi connectivity index (χ0v) is 24.2. The number of aryl methyl sites for hydroxylation is 1. The molecule has 37 heavy (non-hydrogen) atoms. The fourth-order valence-corrected chi connectivity index (χ4v) is 4.96. The molecule has 0 aliphatic carbocycles. The Morgan fingerprint density at radius 2 is 1.43 bits per heavy atom. The number of unbranched alkanes of at least 4 members (excludes halogenated alkanes) is 8. The summed E-state index contributed by atoms with van der Waals surface area (Å²) >= 11 is 0. The third-order valence-electron chi connectivity index (χ3n) is 6.94. The second-order valence-electron chi connectivity index (χ2n) is 11.3. The van der Waals surface area contributed by atoms with E-state index < -0.39 is 6.29 Å². The van der Waals surface area contributed by atoms with E-state index in [4.69, 9.17) is 9.47 Å². The van der Waals surface area contributed by atoms with E-state index in [-0.39, 0.29) is 11.9 Å². The van der Waals surface area contributed by atoms with E-state index in [0.717, 1.165) is 23.2 Å². The molecular weight excluding hydrogens is 458 g/mol. The lowest BCUT2D eigenvalue weighted by Gasteiger charge is -2.32. The highest BCUT2D eigenvalue weighted by Gasteiger charge is 2.27. The van der Waals surface area contributed by atoms with Gasteiger partial charge in [-0.3, -0.25) is 4.79 Å². The zero-order valence-electron chi connectivity index (χ0n) is 24.2. The average molecular weight is 511 g/mol. The number of nitrogens with zero attached hydrogens (tertiary/aromatic N) is 1. The van der Waals surface area contributed by atoms with Crippen LogP contribution in [-0.2, 0) is 22.5 Å². The molecule has 0 aromatic heterocycles. The molecule has 2 atom stereocenters. The lowest BCUT2D eigenvalue weighted by molar-refractivity contribution is -0.905. The molecule has 2 rings (SSSR count). The standard InChI is InChI=1S/C33H52NO3/c1-6-8-9-10-11-12-13-14-16-20-29-23-19-24-31(25-29)36-32(7-2)37-33(35)28(3)26-34(4,5)27-30-21-17-15-18-22-30/h15,17-19,21-25,28,32H,6-14,16,20,26-27H2,1-5H3/q+1. The van der Waals surface area contributed by atoms with E-state index in [1.54, 1.807) is 0 Å². The summed E-state index contributed by atoms with van der Waals surface area (Å²) in [5, 5.41) is 0. The van der Waals surface area contributed by atoms with Crippen molar-refractivity contribution in [3.05, 3.63) is 65.7 Å². The fourth-order valence-electron chi connectivity index (χ4n) is 4.96. The van der Waals surface area contributed by atoms with Gasteiger partial charge in [-0.2, -0.15) is 0 Å². The van der Waals surface area contributed by atoms with Crippen LogP contribution < -0.4 is 4.74 Å². The lowest BCUT2D eigenvalue weighted by Crippen LogP contribution is -2.44. The van der Waals surface area contributed by atoms with Gasteiger partial charge in [0.1, 0.15) is 18.2 Å². The highest BCUT2D eigenvalue weighted by atomic mass is 16.7. The third-order valence-corrected chi connectivity index (χ3v) is 6.94. The Hall–Kier alpha value is -2.33. The number of hydrogen-bond donors (Lipinski definition) is 0. The molecule has 2 unspecified atom stereocenters. The minimum Gasteiger partial charge on any atom is -0.455 e. The van der Waals surface area contributed by atoms with Crippen molar-refractivity contribution in [3.63, 3.8) is 0 Å². The van der Waals surface area contributed by atoms with E-state index in [9.17, 15) is 4.79 Å². The fraction of sp³-hybridized carbons (Fsp3) is 0.606. The number of ether oxygens (including phenoxy) is 2. The normalized spacial score (nSPS) is 13.2. The van der Waals surface area contributed by atoms with E-state index in [0.29, 0.717) is 13.0 Å². The van der Waals surface area contributed by atoms with Gasteiger partial charge in [0.15, 0.2) is 0 Å². The van der Waals surface area contributed by atoms with E-state index >= 15 is 0 Å². The minimum atomic E-state index is -0.567. The maximum Gasteiger partial charge on any atom is 0.317 e. The molecule has 206 valence electrons. The van der Waals surface area contributed by atoms with Gasteiger partial charge in [-0.15, -0.1) is 0 Å². The van der Waals surface area contributed by atoms with Crippen molar-refractivity contribution in [1.82, 2.24) is 0 Å². The SMILES string of the molecule is CCCCCCCCCCCc1cccc(OC(CC)OC(=O)C(C)C[N+](C)(C)Cc2ccccc2)c1. The van der Waals surface area contributed by atoms with Gasteiger partial charge < -0.3 is 14.0 Å². The number of carbonyl (C=O) groups is 1. The van der Waals surface area contributed by atoms with Crippen molar-refractivity contribution in [2.45, 2.75) is 104 Å². The zero-order chi connectivity index (χ0) is 26.9. The summed E-state index contributed by atoms with van der Waals surface area (Å²) in [7, 11) is 4.31. The summed E-state index contributed by atoms with van der Waals surface area (Å²) in [6.45, 7) is 7.79. The minimum absolute atomic E-state index is 0.197. The smallest absolute Gasteiger partial charge is 0.317 e. The van der Waals surface area contributed by atoms with Crippen LogP contribution in [0.2, 0.25) is 0 Å². The summed E-state index contributed by atoms with van der Waals surface area (Å²) < 4.78 is 12.6. The van der Waals surface area contributed by atoms with E-state index in [1.807, 2.05) is 32.0 Å². The van der Waals surface area contributed by atoms with Gasteiger partial charge in [-0.05, 0) is 37.5 Å². The summed E-state index contributed by atoms with van der Waals surface area (Å²) in [5.41, 5.74) is 2.56. The number of carbonyl (C=O) groups excluding carboxylic acids is 1. The molecule has 2 aromatic rings. The molecule has 4 nitrogen and oxygen atoms in total. The third kappa shape index (κ3) is 13.2. The molecule has 4 heteroatoms. The van der Waals surface area contributed by atoms with Crippen molar-refractivity contribution in [2.75, 3.05) is 20.6 Å². The highest BCUT2D eigenvalue weighted by Crippen LogP contribution is 2.20. The van der Waals surface area contributed by atoms with Crippen LogP contribution in [0.15, 0.2) is 54.6 Å². The molecule has 0 amide bonds. The predicted molar refractivity (Wildman–Crippen MR) is 154 cm³/mol. The monoisotopic (exact) mass is 510 g/mol. The number of esters is 1. The first-order chi connectivity index (χ1) is 17.8. The average Bonchev–Trinajstić information content (AvgIpc) is 2.87. The molecule has 0 saturated heterocycles. The van der Waals surface area contributed by atoms with Crippen LogP contribution >= 0.6 is 0 Å². The molecule has 0 bridgehead atoms. The van der Waals surface area contributed by atoms with E-state index in [1.165, 1.54) is 68.9 Å². The maximum absolute atomic E-state index is 12.9. The topological polar surface area (TPSA) is 35.5 Å². The predicted octanol–water partition coefficient (Wildman–Crippen LogP) is 8.33. The van der Waals surface area contributed by atoms with Crippen LogP contribution in [-0.4, -0.2) is 37.4 Å². The molecule has 0 spiro atoms. The summed E-state index contributed by atoms with van der Waals surface area (Å²) in [4.78, 5) is 12.9. The van der Waals surface area contributed by atoms with Gasteiger partial charge in [-0.1, -0.05) is 108 Å². The Bertz CT molecular complexity index is 880. The maximum atomic E-state index is 12.9. The molecule has 0 radical (unpaired) electrons. The van der Waals surface area contributed by atoms with E-state index in [2.05, 4.69) is 57.4 Å². The Morgan fingerprint density at radius 1 is 0.811 bits per heavy atom. The molecule has 0 aliphatic heterocycles. The van der Waals surface area contributed by atoms with Gasteiger partial charge in [-0.25, -0.2) is 0 Å². The Balaban J connectivity index is 1.75. The largest absolute Gasteiger partial charge is 0.455 e. The number of benzene rings is 2. The Morgan fingerprint density at radius 3 is 2.08 bits per heavy atom. The molecular formula is C33H52NO3+. The van der Waals surface area contributed by atoms with Crippen LogP contribution in [0.4, 0.5) is 0 Å². The summed E-state index contributed by atoms with van der Waals surface area (Å²) in [6.07, 6.45) is 13.1. The second kappa shape index (κ2) is 17.2. The van der Waals surface area contributed by atoms with Gasteiger partial charge in [0.05, 0.1) is 20.6 Å². The molecule has 0 heterocycles. The van der Waals surface area contributed by atoms with Crippen LogP contribution in [0, 0.1) is 5.92 Å². The van der Waals surface area contributed by atoms with Crippen molar-refractivity contribution >= 4 is 5.97 Å². The van der Waals surface area contributed by atoms with Crippen molar-refractivity contribution in [2.24, 2.45) is 5.92 Å². The summed E-state index contributed by atoms with van der Waals surface area (Å²) in [6, 6.07) is 18.7. The van der Waals surface area contributed by atoms with Gasteiger partial charge in [0, 0.05) is 12.0 Å². The second-order valence-corrected chi connectivity index (χ2v) is 11.3. The first-order valence-electron chi connectivity index (χ1n) is 14.6. The molecule has 0 N–H and O–H groups in total. The summed E-state index contributed by atoms with van der Waals surface area (Å²) in [5.74, 6) is 0.368. The van der Waals surface area contributed by atoms with Gasteiger partial charge >= 0.3 is 5.97 Å². The first-order valence-corrected chi connectivity index (χ1v) is 14.6. The Kier molecular flexibility index (Phi) is 14.4. The van der Waals surface area contributed by atoms with Crippen LogP contribution in [0.1, 0.15) is 96.1 Å². The van der Waals surface area contributed by atoms with Crippen molar-refractivity contribution in [3.8, 4) is 5.75 Å². The molecule has 2 aromatic carbocycles. The lowest BCUT2D eigenvalue weighted by atomic mass is 10.0. The molecule has 0 fully saturated rings. The number of rotatable bonds is 19.